The van der Waals surface area contributed by atoms with E-state index in [9.17, 15) is 15.0 Å². The molecule has 1 amide bonds. The first kappa shape index (κ1) is 65.0. The number of rotatable bonds is 52. The summed E-state index contributed by atoms with van der Waals surface area (Å²) in [5, 5.41) is 23.3. The third-order valence-corrected chi connectivity index (χ3v) is 12.8. The summed E-state index contributed by atoms with van der Waals surface area (Å²) >= 11 is 0. The van der Waals surface area contributed by atoms with Gasteiger partial charge >= 0.3 is 0 Å². The van der Waals surface area contributed by atoms with Gasteiger partial charge in [0.1, 0.15) is 0 Å². The SMILES string of the molecule is CC/C=C\C/C=C\C/C=C\C/C=C\C/C=C\C/C=C\C/C=C\C/C=C\C/C=C\CCCCCCCCCC(=O)NC(CO)C(O)CCCCCCCCCCCCCCCCCCCCCCC. The second-order valence-corrected chi connectivity index (χ2v) is 19.3. The summed E-state index contributed by atoms with van der Waals surface area (Å²) < 4.78 is 0. The lowest BCUT2D eigenvalue weighted by Gasteiger charge is -2.22. The molecule has 0 aromatic carbocycles. The Bertz CT molecular complexity index is 1300. The first-order valence-electron chi connectivity index (χ1n) is 29.1. The quantitative estimate of drug-likeness (QED) is 0.0420. The van der Waals surface area contributed by atoms with E-state index in [1.807, 2.05) is 0 Å². The highest BCUT2D eigenvalue weighted by molar-refractivity contribution is 5.76. The van der Waals surface area contributed by atoms with Gasteiger partial charge in [0.2, 0.25) is 5.91 Å². The Morgan fingerprint density at radius 1 is 0.368 bits per heavy atom. The van der Waals surface area contributed by atoms with Gasteiger partial charge in [0.15, 0.2) is 0 Å². The minimum absolute atomic E-state index is 0.0446. The molecule has 0 heterocycles. The molecule has 0 aliphatic heterocycles. The van der Waals surface area contributed by atoms with Gasteiger partial charge < -0.3 is 15.5 Å². The Hall–Kier alpha value is -2.95. The predicted molar refractivity (Wildman–Crippen MR) is 303 cm³/mol. The van der Waals surface area contributed by atoms with Gasteiger partial charge in [-0.15, -0.1) is 0 Å². The topological polar surface area (TPSA) is 69.6 Å². The first-order valence-corrected chi connectivity index (χ1v) is 29.1. The van der Waals surface area contributed by atoms with Crippen molar-refractivity contribution < 1.29 is 15.0 Å². The lowest BCUT2D eigenvalue weighted by Crippen LogP contribution is -2.45. The van der Waals surface area contributed by atoms with Crippen molar-refractivity contribution in [3.8, 4) is 0 Å². The Kier molecular flexibility index (Phi) is 55.8. The molecule has 0 bridgehead atoms. The van der Waals surface area contributed by atoms with Gasteiger partial charge in [-0.25, -0.2) is 0 Å². The number of unbranched alkanes of at least 4 members (excludes halogenated alkanes) is 27. The Labute approximate surface area is 423 Å². The minimum atomic E-state index is -0.673. The van der Waals surface area contributed by atoms with Crippen molar-refractivity contribution in [3.63, 3.8) is 0 Å². The van der Waals surface area contributed by atoms with Gasteiger partial charge in [0.25, 0.3) is 0 Å². The summed E-state index contributed by atoms with van der Waals surface area (Å²) in [6, 6.07) is -0.551. The van der Waals surface area contributed by atoms with E-state index in [0.717, 1.165) is 96.3 Å². The lowest BCUT2D eigenvalue weighted by atomic mass is 10.0. The molecule has 0 aromatic rings. The van der Waals surface area contributed by atoms with Crippen LogP contribution in [-0.4, -0.2) is 34.9 Å². The minimum Gasteiger partial charge on any atom is -0.394 e. The fraction of sp³-hybridized carbons (Fsp3) is 0.703. The number of carbonyl (C=O) groups excluding carboxylic acids is 1. The summed E-state index contributed by atoms with van der Waals surface area (Å²) in [6.45, 7) is 4.25. The third-order valence-electron chi connectivity index (χ3n) is 12.8. The molecule has 3 N–H and O–H groups in total. The van der Waals surface area contributed by atoms with Crippen LogP contribution < -0.4 is 5.32 Å². The lowest BCUT2D eigenvalue weighted by molar-refractivity contribution is -0.123. The molecule has 2 atom stereocenters. The van der Waals surface area contributed by atoms with Crippen molar-refractivity contribution in [3.05, 3.63) is 109 Å². The van der Waals surface area contributed by atoms with Gasteiger partial charge in [-0.3, -0.25) is 4.79 Å². The van der Waals surface area contributed by atoms with E-state index in [1.165, 1.54) is 148 Å². The van der Waals surface area contributed by atoms with Crippen molar-refractivity contribution in [2.45, 2.75) is 283 Å². The molecule has 0 fully saturated rings. The molecule has 0 radical (unpaired) electrons. The van der Waals surface area contributed by atoms with E-state index in [-0.39, 0.29) is 12.5 Å². The summed E-state index contributed by atoms with van der Waals surface area (Å²) in [7, 11) is 0. The van der Waals surface area contributed by atoms with Gasteiger partial charge in [-0.05, 0) is 83.5 Å². The van der Waals surface area contributed by atoms with Crippen molar-refractivity contribution in [2.75, 3.05) is 6.61 Å². The Balaban J connectivity index is 3.59. The second kappa shape index (κ2) is 58.4. The fourth-order valence-corrected chi connectivity index (χ4v) is 8.41. The second-order valence-electron chi connectivity index (χ2n) is 19.3. The average molecular weight is 943 g/mol. The molecule has 4 heteroatoms. The van der Waals surface area contributed by atoms with Crippen molar-refractivity contribution in [1.29, 1.82) is 0 Å². The number of allylic oxidation sites excluding steroid dienone is 18. The molecule has 68 heavy (non-hydrogen) atoms. The zero-order valence-electron chi connectivity index (χ0n) is 44.8. The average Bonchev–Trinajstić information content (AvgIpc) is 3.34. The van der Waals surface area contributed by atoms with E-state index in [1.54, 1.807) is 0 Å². The van der Waals surface area contributed by atoms with Gasteiger partial charge in [0.05, 0.1) is 18.8 Å². The zero-order chi connectivity index (χ0) is 49.2. The smallest absolute Gasteiger partial charge is 0.220 e. The number of aliphatic hydroxyl groups is 2. The zero-order valence-corrected chi connectivity index (χ0v) is 44.8. The maximum Gasteiger partial charge on any atom is 0.220 e. The molecular weight excluding hydrogens is 831 g/mol. The standard InChI is InChI=1S/C64H111NO3/c1-3-5-7-9-11-13-15-17-19-21-23-25-26-27-28-29-30-31-32-33-34-35-36-37-38-40-42-44-46-48-50-52-54-56-58-60-64(68)65-62(61-66)63(67)59-57-55-53-51-49-47-45-43-41-39-24-22-20-18-16-14-12-10-8-6-4-2/h5,7,11,13,17,19,23,25,27-28,30-31,33-34,36-37,40,42,62-63,66-67H,3-4,6,8-10,12,14-16,18,20-22,24,26,29,32,35,38-39,41,43-61H2,1-2H3,(H,65,68)/b7-5-,13-11-,19-17-,25-23-,28-27-,31-30-,34-33-,37-36-,42-40-. The fourth-order valence-electron chi connectivity index (χ4n) is 8.41. The van der Waals surface area contributed by atoms with Crippen LogP contribution in [0.15, 0.2) is 109 Å². The largest absolute Gasteiger partial charge is 0.394 e. The normalized spacial score (nSPS) is 13.6. The van der Waals surface area contributed by atoms with Crippen molar-refractivity contribution >= 4 is 5.91 Å². The van der Waals surface area contributed by atoms with Gasteiger partial charge in [0, 0.05) is 6.42 Å². The summed E-state index contributed by atoms with van der Waals surface area (Å²) in [4.78, 5) is 12.5. The van der Waals surface area contributed by atoms with E-state index in [0.29, 0.717) is 12.8 Å². The van der Waals surface area contributed by atoms with E-state index in [4.69, 9.17) is 0 Å². The molecule has 2 unspecified atom stereocenters. The monoisotopic (exact) mass is 942 g/mol. The van der Waals surface area contributed by atoms with Crippen LogP contribution >= 0.6 is 0 Å². The van der Waals surface area contributed by atoms with E-state index in [2.05, 4.69) is 129 Å². The van der Waals surface area contributed by atoms with E-state index >= 15 is 0 Å². The van der Waals surface area contributed by atoms with Crippen molar-refractivity contribution in [1.82, 2.24) is 5.32 Å². The van der Waals surface area contributed by atoms with Crippen LogP contribution in [0.25, 0.3) is 0 Å². The summed E-state index contributed by atoms with van der Waals surface area (Å²) in [5.74, 6) is -0.0446. The molecular formula is C64H111NO3. The molecule has 0 spiro atoms. The van der Waals surface area contributed by atoms with E-state index < -0.39 is 12.1 Å². The number of amides is 1. The first-order chi connectivity index (χ1) is 33.7. The maximum atomic E-state index is 12.5. The van der Waals surface area contributed by atoms with Crippen LogP contribution in [-0.2, 0) is 4.79 Å². The molecule has 0 saturated heterocycles. The van der Waals surface area contributed by atoms with Crippen LogP contribution in [0.3, 0.4) is 0 Å². The number of hydrogen-bond acceptors (Lipinski definition) is 3. The number of nitrogens with one attached hydrogen (secondary N) is 1. The molecule has 390 valence electrons. The Morgan fingerprint density at radius 3 is 0.971 bits per heavy atom. The molecule has 0 aliphatic carbocycles. The highest BCUT2D eigenvalue weighted by Crippen LogP contribution is 2.17. The van der Waals surface area contributed by atoms with Crippen LogP contribution in [0.1, 0.15) is 271 Å². The van der Waals surface area contributed by atoms with Crippen LogP contribution in [0.5, 0.6) is 0 Å². The summed E-state index contributed by atoms with van der Waals surface area (Å²) in [5.41, 5.74) is 0. The van der Waals surface area contributed by atoms with Crippen LogP contribution in [0.2, 0.25) is 0 Å². The Morgan fingerprint density at radius 2 is 0.647 bits per heavy atom. The molecule has 0 aliphatic rings. The van der Waals surface area contributed by atoms with Crippen molar-refractivity contribution in [2.24, 2.45) is 0 Å². The van der Waals surface area contributed by atoms with Crippen LogP contribution in [0, 0.1) is 0 Å². The highest BCUT2D eigenvalue weighted by Gasteiger charge is 2.20. The molecule has 0 rings (SSSR count). The third kappa shape index (κ3) is 54.0. The maximum absolute atomic E-state index is 12.5. The van der Waals surface area contributed by atoms with Crippen LogP contribution in [0.4, 0.5) is 0 Å². The van der Waals surface area contributed by atoms with Gasteiger partial charge in [-0.2, -0.15) is 0 Å². The van der Waals surface area contributed by atoms with Gasteiger partial charge in [-0.1, -0.05) is 290 Å². The number of aliphatic hydroxyl groups excluding tert-OH is 2. The predicted octanol–water partition coefficient (Wildman–Crippen LogP) is 19.5. The molecule has 0 aromatic heterocycles. The molecule has 0 saturated carbocycles. The summed E-state index contributed by atoms with van der Waals surface area (Å²) in [6.07, 6.45) is 87.8. The molecule has 4 nitrogen and oxygen atoms in total. The number of carbonyl (C=O) groups is 1. The number of hydrogen-bond donors (Lipinski definition) is 3. The highest BCUT2D eigenvalue weighted by atomic mass is 16.3.